The van der Waals surface area contributed by atoms with E-state index in [1.807, 2.05) is 0 Å². The Labute approximate surface area is 187 Å². The lowest BCUT2D eigenvalue weighted by Crippen LogP contribution is -2.47. The van der Waals surface area contributed by atoms with Gasteiger partial charge in [-0.3, -0.25) is 9.69 Å². The number of carbonyl (C=O) groups is 1. The first-order valence-electron chi connectivity index (χ1n) is 11.1. The number of fused-ring (bicyclic) bond motifs is 1. The first kappa shape index (κ1) is 22.4. The van der Waals surface area contributed by atoms with E-state index in [2.05, 4.69) is 29.0 Å². The third kappa shape index (κ3) is 4.98. The molecule has 0 radical (unpaired) electrons. The van der Waals surface area contributed by atoms with Crippen LogP contribution < -0.4 is 10.2 Å². The van der Waals surface area contributed by atoms with Crippen LogP contribution in [-0.2, 0) is 24.3 Å². The molecule has 1 saturated heterocycles. The van der Waals surface area contributed by atoms with Gasteiger partial charge in [-0.15, -0.1) is 0 Å². The number of halogens is 2. The molecule has 2 aliphatic heterocycles. The zero-order valence-corrected chi connectivity index (χ0v) is 18.9. The van der Waals surface area contributed by atoms with Gasteiger partial charge >= 0.3 is 0 Å². The molecule has 3 heterocycles. The largest absolute Gasteiger partial charge is 0.365 e. The maximum absolute atomic E-state index is 14.0. The lowest BCUT2D eigenvalue weighted by atomic mass is 10.1. The number of piperazine rings is 1. The lowest BCUT2D eigenvalue weighted by molar-refractivity contribution is -0.129. The molecule has 1 aromatic carbocycles. The quantitative estimate of drug-likeness (QED) is 0.765. The van der Waals surface area contributed by atoms with Gasteiger partial charge in [0, 0.05) is 70.3 Å². The van der Waals surface area contributed by atoms with Gasteiger partial charge in [-0.25, -0.2) is 18.7 Å². The predicted octanol–water partition coefficient (Wildman–Crippen LogP) is 2.80. The Hall–Kier alpha value is -2.81. The van der Waals surface area contributed by atoms with Crippen molar-refractivity contribution < 1.29 is 13.6 Å². The molecule has 32 heavy (non-hydrogen) atoms. The van der Waals surface area contributed by atoms with Crippen LogP contribution >= 0.6 is 0 Å². The van der Waals surface area contributed by atoms with Crippen LogP contribution in [0.3, 0.4) is 0 Å². The Kier molecular flexibility index (Phi) is 6.55. The Morgan fingerprint density at radius 2 is 1.84 bits per heavy atom. The van der Waals surface area contributed by atoms with Crippen LogP contribution in [0.4, 0.5) is 20.4 Å². The number of nitrogens with one attached hydrogen (secondary N) is 1. The summed E-state index contributed by atoms with van der Waals surface area (Å²) in [5, 5.41) is 3.41. The number of aromatic nitrogens is 2. The summed E-state index contributed by atoms with van der Waals surface area (Å²) in [6.07, 6.45) is 0.695. The van der Waals surface area contributed by atoms with Crippen molar-refractivity contribution in [3.63, 3.8) is 0 Å². The standard InChI is InChI=1S/C23H30F2N6O/c1-15(2)26-22-23(28-20-6-7-31(16(3)32)14-21(20)27-22)30-10-8-29(9-11-30)13-17-4-5-18(24)12-19(17)25/h4-5,12,15H,6-11,13-14H2,1-3H3,(H,26,27). The minimum absolute atomic E-state index is 0.0496. The molecule has 0 spiro atoms. The van der Waals surface area contributed by atoms with E-state index in [1.54, 1.807) is 11.8 Å². The molecule has 0 bridgehead atoms. The van der Waals surface area contributed by atoms with Crippen LogP contribution in [0.15, 0.2) is 18.2 Å². The fourth-order valence-electron chi connectivity index (χ4n) is 4.19. The van der Waals surface area contributed by atoms with Crippen molar-refractivity contribution in [3.05, 3.63) is 46.8 Å². The smallest absolute Gasteiger partial charge is 0.219 e. The third-order valence-electron chi connectivity index (χ3n) is 5.94. The second kappa shape index (κ2) is 9.36. The summed E-state index contributed by atoms with van der Waals surface area (Å²) in [6, 6.07) is 3.94. The van der Waals surface area contributed by atoms with Gasteiger partial charge in [0.25, 0.3) is 0 Å². The maximum atomic E-state index is 14.0. The van der Waals surface area contributed by atoms with Crippen molar-refractivity contribution in [1.29, 1.82) is 0 Å². The van der Waals surface area contributed by atoms with Gasteiger partial charge in [0.1, 0.15) is 11.6 Å². The first-order valence-corrected chi connectivity index (χ1v) is 11.1. The zero-order valence-electron chi connectivity index (χ0n) is 18.9. The van der Waals surface area contributed by atoms with E-state index in [-0.39, 0.29) is 11.9 Å². The first-order chi connectivity index (χ1) is 15.3. The van der Waals surface area contributed by atoms with Crippen LogP contribution in [0, 0.1) is 11.6 Å². The lowest BCUT2D eigenvalue weighted by Gasteiger charge is -2.37. The third-order valence-corrected chi connectivity index (χ3v) is 5.94. The van der Waals surface area contributed by atoms with Crippen LogP contribution in [0.1, 0.15) is 37.7 Å². The number of carbonyl (C=O) groups excluding carboxylic acids is 1. The molecule has 9 heteroatoms. The molecule has 0 atom stereocenters. The second-order valence-corrected chi connectivity index (χ2v) is 8.78. The number of rotatable bonds is 5. The molecule has 1 fully saturated rings. The van der Waals surface area contributed by atoms with E-state index in [9.17, 15) is 13.6 Å². The molecule has 0 aliphatic carbocycles. The van der Waals surface area contributed by atoms with Crippen molar-refractivity contribution >= 4 is 17.5 Å². The molecule has 0 saturated carbocycles. The normalized spacial score (nSPS) is 16.9. The van der Waals surface area contributed by atoms with E-state index in [0.29, 0.717) is 31.6 Å². The topological polar surface area (TPSA) is 64.6 Å². The molecule has 0 unspecified atom stereocenters. The van der Waals surface area contributed by atoms with Gasteiger partial charge in [-0.2, -0.15) is 0 Å². The fraction of sp³-hybridized carbons (Fsp3) is 0.522. The summed E-state index contributed by atoms with van der Waals surface area (Å²) in [5.74, 6) is 0.562. The van der Waals surface area contributed by atoms with Crippen LogP contribution in [0.25, 0.3) is 0 Å². The van der Waals surface area contributed by atoms with Gasteiger partial charge in [0.2, 0.25) is 5.91 Å². The highest BCUT2D eigenvalue weighted by Crippen LogP contribution is 2.28. The molecule has 1 aromatic heterocycles. The van der Waals surface area contributed by atoms with E-state index in [4.69, 9.17) is 9.97 Å². The van der Waals surface area contributed by atoms with E-state index >= 15 is 0 Å². The average Bonchev–Trinajstić information content (AvgIpc) is 2.75. The maximum Gasteiger partial charge on any atom is 0.219 e. The monoisotopic (exact) mass is 444 g/mol. The summed E-state index contributed by atoms with van der Waals surface area (Å²) in [6.45, 7) is 10.3. The number of hydrogen-bond donors (Lipinski definition) is 1. The van der Waals surface area contributed by atoms with Crippen LogP contribution in [0.2, 0.25) is 0 Å². The number of benzene rings is 1. The summed E-state index contributed by atoms with van der Waals surface area (Å²) < 4.78 is 27.2. The van der Waals surface area contributed by atoms with Gasteiger partial charge in [-0.05, 0) is 19.9 Å². The van der Waals surface area contributed by atoms with Crippen LogP contribution in [-0.4, -0.2) is 64.4 Å². The number of nitrogens with zero attached hydrogens (tertiary/aromatic N) is 5. The summed E-state index contributed by atoms with van der Waals surface area (Å²) in [4.78, 5) is 27.8. The van der Waals surface area contributed by atoms with E-state index in [1.165, 1.54) is 12.1 Å². The van der Waals surface area contributed by atoms with Gasteiger partial charge in [-0.1, -0.05) is 6.07 Å². The Morgan fingerprint density at radius 1 is 1.09 bits per heavy atom. The zero-order chi connectivity index (χ0) is 22.8. The average molecular weight is 445 g/mol. The predicted molar refractivity (Wildman–Crippen MR) is 119 cm³/mol. The summed E-state index contributed by atoms with van der Waals surface area (Å²) >= 11 is 0. The van der Waals surface area contributed by atoms with Gasteiger partial charge < -0.3 is 15.1 Å². The Morgan fingerprint density at radius 3 is 2.50 bits per heavy atom. The van der Waals surface area contributed by atoms with Crippen molar-refractivity contribution in [1.82, 2.24) is 19.8 Å². The Bertz CT molecular complexity index is 991. The molecule has 2 aliphatic rings. The highest BCUT2D eigenvalue weighted by molar-refractivity contribution is 5.73. The fourth-order valence-corrected chi connectivity index (χ4v) is 4.19. The Balaban J connectivity index is 1.49. The minimum Gasteiger partial charge on any atom is -0.365 e. The summed E-state index contributed by atoms with van der Waals surface area (Å²) in [5.41, 5.74) is 2.30. The van der Waals surface area contributed by atoms with E-state index in [0.717, 1.165) is 55.3 Å². The molecular formula is C23H30F2N6O. The highest BCUT2D eigenvalue weighted by Gasteiger charge is 2.27. The molecule has 1 N–H and O–H groups in total. The van der Waals surface area contributed by atoms with Crippen LogP contribution in [0.5, 0.6) is 0 Å². The van der Waals surface area contributed by atoms with Gasteiger partial charge in [0.05, 0.1) is 17.9 Å². The number of anilines is 2. The molecule has 1 amide bonds. The highest BCUT2D eigenvalue weighted by atomic mass is 19.1. The SMILES string of the molecule is CC(=O)N1CCc2nc(N3CCN(Cc4ccc(F)cc4F)CC3)c(NC(C)C)nc2C1. The molecule has 7 nitrogen and oxygen atoms in total. The van der Waals surface area contributed by atoms with Gasteiger partial charge in [0.15, 0.2) is 11.6 Å². The molecule has 4 rings (SSSR count). The molecular weight excluding hydrogens is 414 g/mol. The van der Waals surface area contributed by atoms with Crippen molar-refractivity contribution in [3.8, 4) is 0 Å². The molecule has 2 aromatic rings. The molecule has 172 valence electrons. The van der Waals surface area contributed by atoms with E-state index < -0.39 is 11.6 Å². The second-order valence-electron chi connectivity index (χ2n) is 8.78. The van der Waals surface area contributed by atoms with Crippen molar-refractivity contribution in [2.24, 2.45) is 0 Å². The summed E-state index contributed by atoms with van der Waals surface area (Å²) in [7, 11) is 0. The van der Waals surface area contributed by atoms with Crippen molar-refractivity contribution in [2.45, 2.75) is 46.3 Å². The number of amides is 1. The minimum atomic E-state index is -0.557. The van der Waals surface area contributed by atoms with Crippen molar-refractivity contribution in [2.75, 3.05) is 42.9 Å². The number of hydrogen-bond acceptors (Lipinski definition) is 6.